The molecule has 0 aromatic heterocycles. The van der Waals surface area contributed by atoms with Gasteiger partial charge in [0.15, 0.2) is 11.7 Å². The molecule has 1 aliphatic heterocycles. The van der Waals surface area contributed by atoms with Crippen molar-refractivity contribution in [3.63, 3.8) is 0 Å². The van der Waals surface area contributed by atoms with Crippen LogP contribution in [0.15, 0.2) is 29.3 Å². The van der Waals surface area contributed by atoms with Gasteiger partial charge < -0.3 is 9.84 Å². The highest BCUT2D eigenvalue weighted by molar-refractivity contribution is 6.25. The number of para-hydroxylation sites is 1. The lowest BCUT2D eigenvalue weighted by Crippen LogP contribution is -2.35. The number of benzene rings is 1. The standard InChI is InChI=1S/C12H11NO4/c1-2-17-11-9(12(15)16)10(14)7-5-3-4-6-8(7)13-11/h3-6,9H,2H2,1H3,(H,15,16). The van der Waals surface area contributed by atoms with E-state index in [1.807, 2.05) is 0 Å². The van der Waals surface area contributed by atoms with Crippen molar-refractivity contribution in [1.29, 1.82) is 0 Å². The molecule has 0 spiro atoms. The summed E-state index contributed by atoms with van der Waals surface area (Å²) in [6.07, 6.45) is 0. The van der Waals surface area contributed by atoms with Crippen molar-refractivity contribution in [2.45, 2.75) is 6.92 Å². The van der Waals surface area contributed by atoms with Gasteiger partial charge in [-0.25, -0.2) is 4.99 Å². The number of fused-ring (bicyclic) bond motifs is 1. The van der Waals surface area contributed by atoms with Gasteiger partial charge in [0, 0.05) is 5.56 Å². The first kappa shape index (κ1) is 11.3. The van der Waals surface area contributed by atoms with Crippen LogP contribution in [0.2, 0.25) is 0 Å². The molecule has 0 bridgehead atoms. The lowest BCUT2D eigenvalue weighted by Gasteiger charge is -2.20. The van der Waals surface area contributed by atoms with Gasteiger partial charge in [-0.2, -0.15) is 0 Å². The molecule has 1 aromatic carbocycles. The fourth-order valence-electron chi connectivity index (χ4n) is 1.71. The fourth-order valence-corrected chi connectivity index (χ4v) is 1.71. The number of hydrogen-bond donors (Lipinski definition) is 1. The molecule has 1 atom stereocenters. The highest BCUT2D eigenvalue weighted by atomic mass is 16.5. The zero-order chi connectivity index (χ0) is 12.4. The van der Waals surface area contributed by atoms with E-state index in [-0.39, 0.29) is 12.5 Å². The fraction of sp³-hybridized carbons (Fsp3) is 0.250. The summed E-state index contributed by atoms with van der Waals surface area (Å²) in [4.78, 5) is 27.2. The Morgan fingerprint density at radius 1 is 1.47 bits per heavy atom. The van der Waals surface area contributed by atoms with Gasteiger partial charge >= 0.3 is 5.97 Å². The maximum absolute atomic E-state index is 12.0. The quantitative estimate of drug-likeness (QED) is 0.788. The van der Waals surface area contributed by atoms with Crippen molar-refractivity contribution in [2.75, 3.05) is 6.61 Å². The molecule has 1 aromatic rings. The van der Waals surface area contributed by atoms with Crippen molar-refractivity contribution in [3.05, 3.63) is 29.8 Å². The van der Waals surface area contributed by atoms with Crippen LogP contribution in [0.3, 0.4) is 0 Å². The Hall–Kier alpha value is -2.17. The summed E-state index contributed by atoms with van der Waals surface area (Å²) >= 11 is 0. The molecule has 0 aliphatic carbocycles. The third-order valence-corrected chi connectivity index (χ3v) is 2.45. The zero-order valence-corrected chi connectivity index (χ0v) is 9.21. The van der Waals surface area contributed by atoms with Crippen LogP contribution in [0.5, 0.6) is 0 Å². The predicted molar refractivity (Wildman–Crippen MR) is 60.6 cm³/mol. The molecule has 0 amide bonds. The van der Waals surface area contributed by atoms with Gasteiger partial charge in [0.1, 0.15) is 0 Å². The average molecular weight is 233 g/mol. The topological polar surface area (TPSA) is 76.0 Å². The number of ketones is 1. The summed E-state index contributed by atoms with van der Waals surface area (Å²) in [6, 6.07) is 6.64. The number of hydrogen-bond acceptors (Lipinski definition) is 4. The molecule has 0 fully saturated rings. The average Bonchev–Trinajstić information content (AvgIpc) is 2.29. The van der Waals surface area contributed by atoms with Gasteiger partial charge in [0.2, 0.25) is 5.90 Å². The van der Waals surface area contributed by atoms with Crippen molar-refractivity contribution >= 4 is 23.3 Å². The largest absolute Gasteiger partial charge is 0.480 e. The van der Waals surface area contributed by atoms with Crippen LogP contribution in [-0.4, -0.2) is 29.4 Å². The minimum Gasteiger partial charge on any atom is -0.480 e. The molecular weight excluding hydrogens is 222 g/mol. The minimum atomic E-state index is -1.33. The van der Waals surface area contributed by atoms with E-state index in [4.69, 9.17) is 9.84 Å². The van der Waals surface area contributed by atoms with Crippen molar-refractivity contribution in [1.82, 2.24) is 0 Å². The lowest BCUT2D eigenvalue weighted by molar-refractivity contribution is -0.138. The van der Waals surface area contributed by atoms with Crippen LogP contribution in [0, 0.1) is 5.92 Å². The van der Waals surface area contributed by atoms with E-state index in [1.54, 1.807) is 31.2 Å². The molecule has 0 saturated carbocycles. The number of rotatable bonds is 2. The van der Waals surface area contributed by atoms with Crippen molar-refractivity contribution in [3.8, 4) is 0 Å². The molecule has 1 aliphatic rings. The van der Waals surface area contributed by atoms with Gasteiger partial charge in [0.05, 0.1) is 12.3 Å². The summed E-state index contributed by atoms with van der Waals surface area (Å²) in [5.41, 5.74) is 0.779. The van der Waals surface area contributed by atoms with E-state index in [0.717, 1.165) is 0 Å². The number of carboxylic acids is 1. The first-order valence-electron chi connectivity index (χ1n) is 5.22. The van der Waals surface area contributed by atoms with Crippen molar-refractivity contribution in [2.24, 2.45) is 10.9 Å². The van der Waals surface area contributed by atoms with E-state index >= 15 is 0 Å². The van der Waals surface area contributed by atoms with Gasteiger partial charge in [-0.1, -0.05) is 12.1 Å². The predicted octanol–water partition coefficient (Wildman–Crippen LogP) is 1.65. The van der Waals surface area contributed by atoms with Crippen LogP contribution in [0.25, 0.3) is 0 Å². The van der Waals surface area contributed by atoms with Crippen LogP contribution in [0.1, 0.15) is 17.3 Å². The number of carbonyl (C=O) groups is 2. The molecule has 1 heterocycles. The molecule has 5 nitrogen and oxygen atoms in total. The molecule has 5 heteroatoms. The molecule has 88 valence electrons. The molecule has 1 unspecified atom stereocenters. The van der Waals surface area contributed by atoms with Gasteiger partial charge in [-0.05, 0) is 19.1 Å². The molecular formula is C12H11NO4. The van der Waals surface area contributed by atoms with Crippen LogP contribution < -0.4 is 0 Å². The molecule has 0 radical (unpaired) electrons. The second kappa shape index (κ2) is 4.37. The summed E-state index contributed by atoms with van der Waals surface area (Å²) in [6.45, 7) is 1.99. The summed E-state index contributed by atoms with van der Waals surface area (Å²) in [5.74, 6) is -3.09. The number of Topliss-reactive ketones (excluding diaryl/α,β-unsaturated/α-hetero) is 1. The smallest absolute Gasteiger partial charge is 0.324 e. The summed E-state index contributed by atoms with van der Waals surface area (Å²) in [7, 11) is 0. The monoisotopic (exact) mass is 233 g/mol. The maximum atomic E-state index is 12.0. The van der Waals surface area contributed by atoms with E-state index < -0.39 is 17.7 Å². The van der Waals surface area contributed by atoms with Gasteiger partial charge in [0.25, 0.3) is 0 Å². The summed E-state index contributed by atoms with van der Waals surface area (Å²) < 4.78 is 5.13. The Morgan fingerprint density at radius 3 is 2.82 bits per heavy atom. The minimum absolute atomic E-state index is 0.0382. The molecule has 17 heavy (non-hydrogen) atoms. The number of carbonyl (C=O) groups excluding carboxylic acids is 1. The zero-order valence-electron chi connectivity index (χ0n) is 9.21. The Morgan fingerprint density at radius 2 is 2.18 bits per heavy atom. The van der Waals surface area contributed by atoms with E-state index in [2.05, 4.69) is 4.99 Å². The molecule has 1 N–H and O–H groups in total. The maximum Gasteiger partial charge on any atom is 0.324 e. The van der Waals surface area contributed by atoms with Gasteiger partial charge in [-0.15, -0.1) is 0 Å². The molecule has 2 rings (SSSR count). The number of carboxylic acid groups (broad SMARTS) is 1. The van der Waals surface area contributed by atoms with Crippen molar-refractivity contribution < 1.29 is 19.4 Å². The number of aliphatic imine (C=N–C) groups is 1. The van der Waals surface area contributed by atoms with Gasteiger partial charge in [-0.3, -0.25) is 9.59 Å². The first-order chi connectivity index (χ1) is 8.15. The van der Waals surface area contributed by atoms with Crippen LogP contribution in [0.4, 0.5) is 5.69 Å². The van der Waals surface area contributed by atoms with E-state index in [1.165, 1.54) is 0 Å². The second-order valence-electron chi connectivity index (χ2n) is 3.54. The first-order valence-corrected chi connectivity index (χ1v) is 5.22. The Labute approximate surface area is 97.7 Å². The normalized spacial score (nSPS) is 18.3. The highest BCUT2D eigenvalue weighted by Crippen LogP contribution is 2.28. The lowest BCUT2D eigenvalue weighted by atomic mass is 9.93. The van der Waals surface area contributed by atoms with E-state index in [0.29, 0.717) is 11.3 Å². The third kappa shape index (κ3) is 1.91. The Bertz CT molecular complexity index is 507. The second-order valence-corrected chi connectivity index (χ2v) is 3.54. The number of ether oxygens (including phenoxy) is 1. The Balaban J connectivity index is 2.53. The molecule has 0 saturated heterocycles. The van der Waals surface area contributed by atoms with Crippen LogP contribution >= 0.6 is 0 Å². The Kier molecular flexibility index (Phi) is 2.91. The number of aliphatic carboxylic acids is 1. The SMILES string of the molecule is CCOC1=Nc2ccccc2C(=O)C1C(=O)O. The van der Waals surface area contributed by atoms with E-state index in [9.17, 15) is 9.59 Å². The number of nitrogens with zero attached hydrogens (tertiary/aromatic N) is 1. The highest BCUT2D eigenvalue weighted by Gasteiger charge is 2.38. The third-order valence-electron chi connectivity index (χ3n) is 2.45. The van der Waals surface area contributed by atoms with Crippen LogP contribution in [-0.2, 0) is 9.53 Å². The summed E-state index contributed by atoms with van der Waals surface area (Å²) in [5, 5.41) is 9.05.